The van der Waals surface area contributed by atoms with Gasteiger partial charge in [-0.1, -0.05) is 26.2 Å². The van der Waals surface area contributed by atoms with Crippen LogP contribution in [-0.2, 0) is 4.74 Å². The standard InChI is InChI=1S/C17H21N3O5/c1-2-3-4-5-10-25-15(14-11-18-17(22)19-16(14)21)12-6-8-13(9-7-12)20(23)24/h6-9,11,15H,2-5,10H2,1H3,(H2,18,19,21,22). The molecule has 1 aromatic heterocycles. The van der Waals surface area contributed by atoms with Gasteiger partial charge in [0, 0.05) is 24.9 Å². The summed E-state index contributed by atoms with van der Waals surface area (Å²) < 4.78 is 5.87. The van der Waals surface area contributed by atoms with Crippen LogP contribution in [0.15, 0.2) is 40.1 Å². The van der Waals surface area contributed by atoms with Gasteiger partial charge in [0.15, 0.2) is 0 Å². The van der Waals surface area contributed by atoms with E-state index < -0.39 is 22.3 Å². The van der Waals surface area contributed by atoms with E-state index >= 15 is 0 Å². The maximum Gasteiger partial charge on any atom is 0.325 e. The number of hydrogen-bond donors (Lipinski definition) is 2. The van der Waals surface area contributed by atoms with Crippen LogP contribution in [-0.4, -0.2) is 21.5 Å². The first-order valence-electron chi connectivity index (χ1n) is 8.20. The molecule has 1 aromatic carbocycles. The maximum absolute atomic E-state index is 12.1. The molecule has 0 aliphatic carbocycles. The number of hydrogen-bond acceptors (Lipinski definition) is 5. The molecular weight excluding hydrogens is 326 g/mol. The summed E-state index contributed by atoms with van der Waals surface area (Å²) in [6.07, 6.45) is 4.68. The van der Waals surface area contributed by atoms with Gasteiger partial charge in [-0.2, -0.15) is 0 Å². The van der Waals surface area contributed by atoms with Crippen molar-refractivity contribution in [1.29, 1.82) is 0 Å². The van der Waals surface area contributed by atoms with Crippen LogP contribution in [0.25, 0.3) is 0 Å². The van der Waals surface area contributed by atoms with Crippen LogP contribution >= 0.6 is 0 Å². The van der Waals surface area contributed by atoms with E-state index in [4.69, 9.17) is 4.74 Å². The molecule has 1 atom stereocenters. The van der Waals surface area contributed by atoms with Gasteiger partial charge in [0.25, 0.3) is 11.2 Å². The van der Waals surface area contributed by atoms with Gasteiger partial charge in [-0.05, 0) is 24.1 Å². The average molecular weight is 347 g/mol. The molecule has 0 saturated heterocycles. The normalized spacial score (nSPS) is 12.0. The van der Waals surface area contributed by atoms with Crippen LogP contribution in [0.3, 0.4) is 0 Å². The Morgan fingerprint density at radius 1 is 1.16 bits per heavy atom. The van der Waals surface area contributed by atoms with E-state index in [2.05, 4.69) is 16.9 Å². The summed E-state index contributed by atoms with van der Waals surface area (Å²) in [6.45, 7) is 2.56. The first-order chi connectivity index (χ1) is 12.0. The van der Waals surface area contributed by atoms with Gasteiger partial charge < -0.3 is 9.72 Å². The molecule has 2 aromatic rings. The summed E-state index contributed by atoms with van der Waals surface area (Å²) in [5, 5.41) is 10.8. The van der Waals surface area contributed by atoms with Gasteiger partial charge in [-0.25, -0.2) is 4.79 Å². The highest BCUT2D eigenvalue weighted by Gasteiger charge is 2.19. The van der Waals surface area contributed by atoms with Crippen LogP contribution < -0.4 is 11.2 Å². The quantitative estimate of drug-likeness (QED) is 0.411. The van der Waals surface area contributed by atoms with Crippen molar-refractivity contribution in [2.75, 3.05) is 6.61 Å². The van der Waals surface area contributed by atoms with Crippen molar-refractivity contribution in [3.05, 3.63) is 72.5 Å². The van der Waals surface area contributed by atoms with E-state index in [0.717, 1.165) is 25.7 Å². The van der Waals surface area contributed by atoms with E-state index in [1.807, 2.05) is 0 Å². The highest BCUT2D eigenvalue weighted by atomic mass is 16.6. The van der Waals surface area contributed by atoms with Gasteiger partial charge in [0.2, 0.25) is 0 Å². The third-order valence-electron chi connectivity index (χ3n) is 3.82. The Morgan fingerprint density at radius 2 is 1.88 bits per heavy atom. The third kappa shape index (κ3) is 5.12. The van der Waals surface area contributed by atoms with Crippen molar-refractivity contribution in [3.8, 4) is 0 Å². The van der Waals surface area contributed by atoms with Gasteiger partial charge in [-0.15, -0.1) is 0 Å². The maximum atomic E-state index is 12.1. The van der Waals surface area contributed by atoms with Crippen molar-refractivity contribution >= 4 is 5.69 Å². The summed E-state index contributed by atoms with van der Waals surface area (Å²) in [4.78, 5) is 38.2. The fraction of sp³-hybridized carbons (Fsp3) is 0.412. The highest BCUT2D eigenvalue weighted by Crippen LogP contribution is 2.25. The zero-order valence-corrected chi connectivity index (χ0v) is 14.0. The smallest absolute Gasteiger partial charge is 0.325 e. The number of H-pyrrole nitrogens is 2. The molecule has 0 saturated carbocycles. The number of rotatable bonds is 9. The molecule has 2 rings (SSSR count). The number of nitrogens with one attached hydrogen (secondary N) is 2. The summed E-state index contributed by atoms with van der Waals surface area (Å²) in [5.74, 6) is 0. The Bertz CT molecular complexity index is 810. The van der Waals surface area contributed by atoms with Crippen LogP contribution in [0.4, 0.5) is 5.69 Å². The average Bonchev–Trinajstić information content (AvgIpc) is 2.59. The molecule has 1 unspecified atom stereocenters. The zero-order valence-electron chi connectivity index (χ0n) is 14.0. The largest absolute Gasteiger partial charge is 0.369 e. The van der Waals surface area contributed by atoms with Gasteiger partial charge in [-0.3, -0.25) is 19.9 Å². The number of nitro benzene ring substituents is 1. The van der Waals surface area contributed by atoms with Crippen LogP contribution in [0.5, 0.6) is 0 Å². The summed E-state index contributed by atoms with van der Waals surface area (Å²) in [6, 6.07) is 5.84. The second kappa shape index (κ2) is 8.93. The van der Waals surface area contributed by atoms with Crippen molar-refractivity contribution in [3.63, 3.8) is 0 Å². The van der Waals surface area contributed by atoms with Gasteiger partial charge in [0.05, 0.1) is 10.5 Å². The first kappa shape index (κ1) is 18.6. The minimum absolute atomic E-state index is 0.0409. The topological polar surface area (TPSA) is 118 Å². The van der Waals surface area contributed by atoms with Crippen LogP contribution in [0.2, 0.25) is 0 Å². The second-order valence-electron chi connectivity index (χ2n) is 5.69. The predicted molar refractivity (Wildman–Crippen MR) is 92.7 cm³/mol. The van der Waals surface area contributed by atoms with Crippen LogP contribution in [0, 0.1) is 10.1 Å². The fourth-order valence-electron chi connectivity index (χ4n) is 2.48. The predicted octanol–water partition coefficient (Wildman–Crippen LogP) is 2.66. The number of nitrogens with zero attached hydrogens (tertiary/aromatic N) is 1. The van der Waals surface area contributed by atoms with Gasteiger partial charge >= 0.3 is 5.69 Å². The first-order valence-corrected chi connectivity index (χ1v) is 8.20. The minimum Gasteiger partial charge on any atom is -0.369 e. The number of nitro groups is 1. The van der Waals surface area contributed by atoms with E-state index in [0.29, 0.717) is 12.2 Å². The molecule has 25 heavy (non-hydrogen) atoms. The lowest BCUT2D eigenvalue weighted by atomic mass is 10.0. The van der Waals surface area contributed by atoms with Crippen molar-refractivity contribution in [2.24, 2.45) is 0 Å². The van der Waals surface area contributed by atoms with Crippen LogP contribution in [0.1, 0.15) is 49.8 Å². The molecule has 0 bridgehead atoms. The van der Waals surface area contributed by atoms with Gasteiger partial charge in [0.1, 0.15) is 6.10 Å². The van der Waals surface area contributed by atoms with Crippen molar-refractivity contribution in [1.82, 2.24) is 9.97 Å². The second-order valence-corrected chi connectivity index (χ2v) is 5.69. The number of benzene rings is 1. The van der Waals surface area contributed by atoms with E-state index in [9.17, 15) is 19.7 Å². The van der Waals surface area contributed by atoms with E-state index in [-0.39, 0.29) is 11.3 Å². The monoisotopic (exact) mass is 347 g/mol. The van der Waals surface area contributed by atoms with Crippen molar-refractivity contribution in [2.45, 2.75) is 38.7 Å². The Hall–Kier alpha value is -2.74. The SMILES string of the molecule is CCCCCCOC(c1ccc([N+](=O)[O-])cc1)c1c[nH]c(=O)[nH]c1=O. The van der Waals surface area contributed by atoms with E-state index in [1.165, 1.54) is 18.3 Å². The van der Waals surface area contributed by atoms with E-state index in [1.54, 1.807) is 12.1 Å². The lowest BCUT2D eigenvalue weighted by Gasteiger charge is -2.18. The molecule has 0 spiro atoms. The third-order valence-corrected chi connectivity index (χ3v) is 3.82. The lowest BCUT2D eigenvalue weighted by molar-refractivity contribution is -0.384. The number of ether oxygens (including phenoxy) is 1. The number of non-ortho nitro benzene ring substituents is 1. The molecule has 8 heteroatoms. The van der Waals surface area contributed by atoms with Crippen molar-refractivity contribution < 1.29 is 9.66 Å². The zero-order chi connectivity index (χ0) is 18.2. The molecule has 8 nitrogen and oxygen atoms in total. The molecule has 0 radical (unpaired) electrons. The fourth-order valence-corrected chi connectivity index (χ4v) is 2.48. The molecular formula is C17H21N3O5. The Morgan fingerprint density at radius 3 is 2.48 bits per heavy atom. The molecule has 2 N–H and O–H groups in total. The minimum atomic E-state index is -0.706. The lowest BCUT2D eigenvalue weighted by Crippen LogP contribution is -2.27. The molecule has 134 valence electrons. The number of aromatic nitrogens is 2. The number of aromatic amines is 2. The molecule has 0 amide bonds. The Labute approximate surface area is 144 Å². The highest BCUT2D eigenvalue weighted by molar-refractivity contribution is 5.36. The molecule has 0 aliphatic heterocycles. The number of unbranched alkanes of at least 4 members (excludes halogenated alkanes) is 3. The Kier molecular flexibility index (Phi) is 6.64. The molecule has 0 aliphatic rings. The summed E-state index contributed by atoms with van der Waals surface area (Å²) in [5.41, 5.74) is -0.316. The summed E-state index contributed by atoms with van der Waals surface area (Å²) >= 11 is 0. The summed E-state index contributed by atoms with van der Waals surface area (Å²) in [7, 11) is 0. The molecule has 0 fully saturated rings. The Balaban J connectivity index is 2.26. The molecule has 1 heterocycles.